The number of likely N-dealkylation sites (tertiary alicyclic amines) is 1. The van der Waals surface area contributed by atoms with Crippen LogP contribution in [0.4, 0.5) is 4.79 Å². The molecular formula is C9H13NO4. The highest BCUT2D eigenvalue weighted by Crippen LogP contribution is 2.21. The Balaban J connectivity index is 2.53. The summed E-state index contributed by atoms with van der Waals surface area (Å²) in [6, 6.07) is -0.274. The molecule has 0 aliphatic carbocycles. The maximum absolute atomic E-state index is 10.7. The molecule has 5 heteroatoms. The van der Waals surface area contributed by atoms with E-state index in [1.165, 1.54) is 11.8 Å². The number of carbonyl (C=O) groups excluding carboxylic acids is 1. The highest BCUT2D eigenvalue weighted by molar-refractivity contribution is 5.67. The number of esters is 1. The van der Waals surface area contributed by atoms with Crippen molar-refractivity contribution in [2.45, 2.75) is 19.4 Å². The molecule has 0 spiro atoms. The van der Waals surface area contributed by atoms with Gasteiger partial charge in [0.2, 0.25) is 0 Å². The molecule has 1 amide bonds. The number of nitrogens with zero attached hydrogens (tertiary/aromatic N) is 1. The van der Waals surface area contributed by atoms with Crippen LogP contribution in [-0.4, -0.2) is 41.3 Å². The first-order valence-corrected chi connectivity index (χ1v) is 4.30. The van der Waals surface area contributed by atoms with Crippen molar-refractivity contribution in [1.29, 1.82) is 0 Å². The molecule has 5 nitrogen and oxygen atoms in total. The van der Waals surface area contributed by atoms with Crippen LogP contribution in [0.3, 0.4) is 0 Å². The smallest absolute Gasteiger partial charge is 0.407 e. The molecule has 1 atom stereocenters. The first kappa shape index (κ1) is 10.6. The van der Waals surface area contributed by atoms with E-state index in [-0.39, 0.29) is 12.6 Å². The number of hydrogen-bond donors (Lipinski definition) is 1. The van der Waals surface area contributed by atoms with Gasteiger partial charge in [-0.25, -0.2) is 4.79 Å². The zero-order valence-corrected chi connectivity index (χ0v) is 8.02. The molecule has 78 valence electrons. The molecule has 0 radical (unpaired) electrons. The number of carboxylic acid groups (broad SMARTS) is 1. The third-order valence-electron chi connectivity index (χ3n) is 2.08. The molecule has 0 aromatic carbocycles. The lowest BCUT2D eigenvalue weighted by Crippen LogP contribution is -2.37. The largest absolute Gasteiger partial charge is 0.465 e. The van der Waals surface area contributed by atoms with Crippen LogP contribution in [0.2, 0.25) is 0 Å². The van der Waals surface area contributed by atoms with Gasteiger partial charge in [-0.1, -0.05) is 12.2 Å². The van der Waals surface area contributed by atoms with E-state index in [4.69, 9.17) is 9.84 Å². The van der Waals surface area contributed by atoms with E-state index in [1.54, 1.807) is 0 Å². The van der Waals surface area contributed by atoms with Crippen LogP contribution < -0.4 is 0 Å². The average Bonchev–Trinajstić information content (AvgIpc) is 2.43. The highest BCUT2D eigenvalue weighted by atomic mass is 16.5. The number of hydrogen-bond acceptors (Lipinski definition) is 3. The Labute approximate surface area is 82.0 Å². The van der Waals surface area contributed by atoms with E-state index in [0.29, 0.717) is 13.0 Å². The van der Waals surface area contributed by atoms with Crippen molar-refractivity contribution in [1.82, 2.24) is 4.90 Å². The molecule has 1 saturated heterocycles. The van der Waals surface area contributed by atoms with Gasteiger partial charge in [-0.05, 0) is 6.42 Å². The second-order valence-electron chi connectivity index (χ2n) is 3.32. The van der Waals surface area contributed by atoms with Gasteiger partial charge < -0.3 is 9.84 Å². The summed E-state index contributed by atoms with van der Waals surface area (Å²) >= 11 is 0. The molecule has 1 unspecified atom stereocenters. The maximum Gasteiger partial charge on any atom is 0.407 e. The fourth-order valence-corrected chi connectivity index (χ4v) is 1.46. The molecule has 0 saturated carbocycles. The topological polar surface area (TPSA) is 66.8 Å². The Morgan fingerprint density at radius 1 is 1.71 bits per heavy atom. The molecule has 1 rings (SSSR count). The standard InChI is InChI=1S/C9H13NO4/c1-6-3-8(5-14-7(2)11)10(4-6)9(12)13/h8H,1,3-5H2,2H3,(H,12,13). The number of rotatable bonds is 2. The lowest BCUT2D eigenvalue weighted by molar-refractivity contribution is -0.142. The summed E-state index contributed by atoms with van der Waals surface area (Å²) in [6.45, 7) is 5.47. The summed E-state index contributed by atoms with van der Waals surface area (Å²) in [5, 5.41) is 8.81. The van der Waals surface area contributed by atoms with Crippen molar-refractivity contribution in [2.24, 2.45) is 0 Å². The zero-order chi connectivity index (χ0) is 10.7. The summed E-state index contributed by atoms with van der Waals surface area (Å²) in [7, 11) is 0. The van der Waals surface area contributed by atoms with Gasteiger partial charge in [0, 0.05) is 13.5 Å². The van der Waals surface area contributed by atoms with E-state index in [9.17, 15) is 9.59 Å². The fraction of sp³-hybridized carbons (Fsp3) is 0.556. The number of carbonyl (C=O) groups is 2. The predicted molar refractivity (Wildman–Crippen MR) is 48.9 cm³/mol. The molecule has 1 aliphatic heterocycles. The summed E-state index contributed by atoms with van der Waals surface area (Å²) in [5.74, 6) is -0.396. The molecule has 1 N–H and O–H groups in total. The first-order valence-electron chi connectivity index (χ1n) is 4.30. The van der Waals surface area contributed by atoms with Gasteiger partial charge in [0.1, 0.15) is 6.61 Å². The van der Waals surface area contributed by atoms with Crippen molar-refractivity contribution in [2.75, 3.05) is 13.2 Å². The predicted octanol–water partition coefficient (Wildman–Crippen LogP) is 0.858. The third kappa shape index (κ3) is 2.48. The van der Waals surface area contributed by atoms with Crippen LogP contribution in [0.25, 0.3) is 0 Å². The van der Waals surface area contributed by atoms with Gasteiger partial charge in [0.05, 0.1) is 6.04 Å². The van der Waals surface area contributed by atoms with E-state index in [2.05, 4.69) is 6.58 Å². The van der Waals surface area contributed by atoms with Crippen molar-refractivity contribution in [3.05, 3.63) is 12.2 Å². The van der Waals surface area contributed by atoms with Gasteiger partial charge in [0.25, 0.3) is 0 Å². The first-order chi connectivity index (χ1) is 6.50. The lowest BCUT2D eigenvalue weighted by atomic mass is 10.2. The molecule has 0 bridgehead atoms. The Hall–Kier alpha value is -1.52. The van der Waals surface area contributed by atoms with Gasteiger partial charge in [-0.2, -0.15) is 0 Å². The number of ether oxygens (including phenoxy) is 1. The van der Waals surface area contributed by atoms with E-state index >= 15 is 0 Å². The molecular weight excluding hydrogens is 186 g/mol. The lowest BCUT2D eigenvalue weighted by Gasteiger charge is -2.20. The SMILES string of the molecule is C=C1CC(COC(C)=O)N(C(=O)O)C1. The average molecular weight is 199 g/mol. The van der Waals surface area contributed by atoms with Crippen LogP contribution in [-0.2, 0) is 9.53 Å². The van der Waals surface area contributed by atoms with E-state index in [1.807, 2.05) is 0 Å². The van der Waals surface area contributed by atoms with Gasteiger partial charge in [-0.15, -0.1) is 0 Å². The summed E-state index contributed by atoms with van der Waals surface area (Å²) in [5.41, 5.74) is 0.851. The molecule has 1 fully saturated rings. The van der Waals surface area contributed by atoms with Crippen molar-refractivity contribution < 1.29 is 19.4 Å². The van der Waals surface area contributed by atoms with Crippen molar-refractivity contribution in [3.63, 3.8) is 0 Å². The maximum atomic E-state index is 10.7. The van der Waals surface area contributed by atoms with Crippen LogP contribution >= 0.6 is 0 Å². The minimum Gasteiger partial charge on any atom is -0.465 e. The fourth-order valence-electron chi connectivity index (χ4n) is 1.46. The summed E-state index contributed by atoms with van der Waals surface area (Å²) < 4.78 is 4.77. The third-order valence-corrected chi connectivity index (χ3v) is 2.08. The summed E-state index contributed by atoms with van der Waals surface area (Å²) in [6.07, 6.45) is -0.430. The quantitative estimate of drug-likeness (QED) is 0.529. The van der Waals surface area contributed by atoms with Gasteiger partial charge in [-0.3, -0.25) is 9.69 Å². The second-order valence-corrected chi connectivity index (χ2v) is 3.32. The van der Waals surface area contributed by atoms with Crippen LogP contribution in [0.15, 0.2) is 12.2 Å². The van der Waals surface area contributed by atoms with Crippen LogP contribution in [0.5, 0.6) is 0 Å². The van der Waals surface area contributed by atoms with Gasteiger partial charge >= 0.3 is 12.1 Å². The molecule has 1 heterocycles. The Morgan fingerprint density at radius 3 is 2.86 bits per heavy atom. The Bertz CT molecular complexity index is 274. The normalized spacial score (nSPS) is 21.1. The van der Waals surface area contributed by atoms with Crippen molar-refractivity contribution in [3.8, 4) is 0 Å². The Kier molecular flexibility index (Phi) is 3.11. The Morgan fingerprint density at radius 2 is 2.36 bits per heavy atom. The van der Waals surface area contributed by atoms with Crippen molar-refractivity contribution >= 4 is 12.1 Å². The molecule has 0 aromatic heterocycles. The monoisotopic (exact) mass is 199 g/mol. The zero-order valence-electron chi connectivity index (χ0n) is 8.02. The van der Waals surface area contributed by atoms with Gasteiger partial charge in [0.15, 0.2) is 0 Å². The molecule has 14 heavy (non-hydrogen) atoms. The van der Waals surface area contributed by atoms with Crippen LogP contribution in [0, 0.1) is 0 Å². The second kappa shape index (κ2) is 4.13. The molecule has 0 aromatic rings. The molecule has 1 aliphatic rings. The number of amides is 1. The minimum atomic E-state index is -0.999. The van der Waals surface area contributed by atoms with Crippen LogP contribution in [0.1, 0.15) is 13.3 Å². The highest BCUT2D eigenvalue weighted by Gasteiger charge is 2.31. The van der Waals surface area contributed by atoms with E-state index in [0.717, 1.165) is 5.57 Å². The van der Waals surface area contributed by atoms with E-state index < -0.39 is 12.1 Å². The summed E-state index contributed by atoms with van der Waals surface area (Å²) in [4.78, 5) is 22.5. The minimum absolute atomic E-state index is 0.112.